The van der Waals surface area contributed by atoms with E-state index in [0.29, 0.717) is 10.6 Å². The molecule has 0 bridgehead atoms. The van der Waals surface area contributed by atoms with E-state index in [-0.39, 0.29) is 5.91 Å². The molecule has 0 saturated heterocycles. The number of amides is 1. The first-order valence-corrected chi connectivity index (χ1v) is 5.95. The van der Waals surface area contributed by atoms with Gasteiger partial charge in [-0.05, 0) is 25.1 Å². The van der Waals surface area contributed by atoms with E-state index < -0.39 is 0 Å². The summed E-state index contributed by atoms with van der Waals surface area (Å²) in [5.74, 6) is -0.0669. The van der Waals surface area contributed by atoms with E-state index in [9.17, 15) is 4.79 Å². The lowest BCUT2D eigenvalue weighted by molar-refractivity contribution is 0.0997. The van der Waals surface area contributed by atoms with Gasteiger partial charge in [-0.3, -0.25) is 9.78 Å². The summed E-state index contributed by atoms with van der Waals surface area (Å²) in [4.78, 5) is 19.3. The van der Waals surface area contributed by atoms with Crippen molar-refractivity contribution in [2.24, 2.45) is 0 Å². The van der Waals surface area contributed by atoms with Gasteiger partial charge < -0.3 is 10.6 Å². The van der Waals surface area contributed by atoms with E-state index in [1.165, 1.54) is 11.3 Å². The molecule has 5 heteroatoms. The van der Waals surface area contributed by atoms with Crippen molar-refractivity contribution in [2.45, 2.75) is 6.92 Å². The molecule has 17 heavy (non-hydrogen) atoms. The second kappa shape index (κ2) is 4.55. The SMILES string of the molecule is Cc1sc(C(=O)N(C)c2cccnc2)cc1N. The molecule has 2 heterocycles. The van der Waals surface area contributed by atoms with Crippen molar-refractivity contribution < 1.29 is 4.79 Å². The van der Waals surface area contributed by atoms with Gasteiger partial charge in [0.05, 0.1) is 16.8 Å². The standard InChI is InChI=1S/C12H13N3OS/c1-8-10(13)6-11(17-8)12(16)15(2)9-4-3-5-14-7-9/h3-7H,13H2,1-2H3. The van der Waals surface area contributed by atoms with Crippen molar-refractivity contribution in [1.29, 1.82) is 0 Å². The Balaban J connectivity index is 2.26. The number of aryl methyl sites for hydroxylation is 1. The summed E-state index contributed by atoms with van der Waals surface area (Å²) in [6.07, 6.45) is 3.33. The number of nitrogens with two attached hydrogens (primary N) is 1. The molecular formula is C12H13N3OS. The van der Waals surface area contributed by atoms with Crippen LogP contribution in [0.4, 0.5) is 11.4 Å². The first kappa shape index (κ1) is 11.6. The first-order chi connectivity index (χ1) is 8.09. The molecule has 0 aliphatic carbocycles. The zero-order valence-corrected chi connectivity index (χ0v) is 10.5. The minimum Gasteiger partial charge on any atom is -0.398 e. The Morgan fingerprint density at radius 2 is 2.29 bits per heavy atom. The second-order valence-electron chi connectivity index (χ2n) is 3.70. The molecule has 2 aromatic rings. The molecule has 2 rings (SSSR count). The number of hydrogen-bond donors (Lipinski definition) is 1. The summed E-state index contributed by atoms with van der Waals surface area (Å²) in [5, 5.41) is 0. The molecule has 2 aromatic heterocycles. The van der Waals surface area contributed by atoms with Gasteiger partial charge in [0.25, 0.3) is 5.91 Å². The van der Waals surface area contributed by atoms with Crippen LogP contribution in [0.1, 0.15) is 14.5 Å². The van der Waals surface area contributed by atoms with Crippen molar-refractivity contribution in [3.8, 4) is 0 Å². The molecule has 88 valence electrons. The maximum Gasteiger partial charge on any atom is 0.268 e. The van der Waals surface area contributed by atoms with E-state index in [1.807, 2.05) is 13.0 Å². The number of thiophene rings is 1. The van der Waals surface area contributed by atoms with Gasteiger partial charge in [-0.15, -0.1) is 11.3 Å². The normalized spacial score (nSPS) is 10.2. The molecule has 0 radical (unpaired) electrons. The van der Waals surface area contributed by atoms with Crippen LogP contribution < -0.4 is 10.6 Å². The summed E-state index contributed by atoms with van der Waals surface area (Å²) in [7, 11) is 1.73. The third-order valence-corrected chi connectivity index (χ3v) is 3.56. The van der Waals surface area contributed by atoms with Crippen molar-refractivity contribution in [1.82, 2.24) is 4.98 Å². The van der Waals surface area contributed by atoms with Crippen LogP contribution in [0, 0.1) is 6.92 Å². The zero-order valence-electron chi connectivity index (χ0n) is 9.68. The van der Waals surface area contributed by atoms with Gasteiger partial charge in [-0.25, -0.2) is 0 Å². The summed E-state index contributed by atoms with van der Waals surface area (Å²) in [5.41, 5.74) is 7.18. The number of rotatable bonds is 2. The third-order valence-electron chi connectivity index (χ3n) is 2.50. The molecule has 0 aliphatic heterocycles. The van der Waals surface area contributed by atoms with Crippen LogP contribution >= 0.6 is 11.3 Å². The quantitative estimate of drug-likeness (QED) is 0.886. The topological polar surface area (TPSA) is 59.2 Å². The van der Waals surface area contributed by atoms with Crippen LogP contribution in [-0.4, -0.2) is 17.9 Å². The summed E-state index contributed by atoms with van der Waals surface area (Å²) in [6, 6.07) is 5.36. The van der Waals surface area contributed by atoms with Gasteiger partial charge >= 0.3 is 0 Å². The maximum absolute atomic E-state index is 12.2. The average molecular weight is 247 g/mol. The van der Waals surface area contributed by atoms with Crippen LogP contribution in [0.25, 0.3) is 0 Å². The third kappa shape index (κ3) is 2.29. The number of carbonyl (C=O) groups is 1. The first-order valence-electron chi connectivity index (χ1n) is 5.13. The molecule has 2 N–H and O–H groups in total. The van der Waals surface area contributed by atoms with Crippen LogP contribution in [-0.2, 0) is 0 Å². The summed E-state index contributed by atoms with van der Waals surface area (Å²) in [6.45, 7) is 1.90. The molecule has 0 atom stereocenters. The van der Waals surface area contributed by atoms with E-state index in [4.69, 9.17) is 5.73 Å². The Morgan fingerprint density at radius 3 is 2.82 bits per heavy atom. The molecule has 0 saturated carbocycles. The number of carbonyl (C=O) groups excluding carboxylic acids is 1. The molecule has 0 fully saturated rings. The number of anilines is 2. The monoisotopic (exact) mass is 247 g/mol. The van der Waals surface area contributed by atoms with Crippen molar-refractivity contribution >= 4 is 28.6 Å². The van der Waals surface area contributed by atoms with Gasteiger partial charge in [0.15, 0.2) is 0 Å². The molecule has 0 unspecified atom stereocenters. The highest BCUT2D eigenvalue weighted by Gasteiger charge is 2.16. The number of pyridine rings is 1. The Morgan fingerprint density at radius 1 is 1.53 bits per heavy atom. The second-order valence-corrected chi connectivity index (χ2v) is 4.95. The van der Waals surface area contributed by atoms with E-state index in [2.05, 4.69) is 4.98 Å². The zero-order chi connectivity index (χ0) is 12.4. The van der Waals surface area contributed by atoms with E-state index in [1.54, 1.807) is 36.5 Å². The fourth-order valence-electron chi connectivity index (χ4n) is 1.44. The number of nitrogens with zero attached hydrogens (tertiary/aromatic N) is 2. The summed E-state index contributed by atoms with van der Waals surface area (Å²) < 4.78 is 0. The van der Waals surface area contributed by atoms with Crippen LogP contribution in [0.15, 0.2) is 30.6 Å². The Kier molecular flexibility index (Phi) is 3.10. The molecule has 1 amide bonds. The van der Waals surface area contributed by atoms with Crippen LogP contribution in [0.5, 0.6) is 0 Å². The molecule has 0 aromatic carbocycles. The van der Waals surface area contributed by atoms with Gasteiger partial charge in [0.1, 0.15) is 0 Å². The number of nitrogen functional groups attached to an aromatic ring is 1. The van der Waals surface area contributed by atoms with E-state index >= 15 is 0 Å². The fourth-order valence-corrected chi connectivity index (χ4v) is 2.35. The average Bonchev–Trinajstić information content (AvgIpc) is 2.69. The minimum atomic E-state index is -0.0669. The number of aromatic nitrogens is 1. The lowest BCUT2D eigenvalue weighted by Crippen LogP contribution is -2.25. The van der Waals surface area contributed by atoms with Crippen LogP contribution in [0.2, 0.25) is 0 Å². The Bertz CT molecular complexity index is 516. The van der Waals surface area contributed by atoms with Crippen molar-refractivity contribution in [3.63, 3.8) is 0 Å². The lowest BCUT2D eigenvalue weighted by atomic mass is 10.3. The predicted octanol–water partition coefficient (Wildman–Crippen LogP) is 2.31. The highest BCUT2D eigenvalue weighted by molar-refractivity contribution is 7.14. The fraction of sp³-hybridized carbons (Fsp3) is 0.167. The van der Waals surface area contributed by atoms with Crippen molar-refractivity contribution in [2.75, 3.05) is 17.7 Å². The molecule has 4 nitrogen and oxygen atoms in total. The molecular weight excluding hydrogens is 234 g/mol. The van der Waals surface area contributed by atoms with Gasteiger partial charge in [0, 0.05) is 23.8 Å². The lowest BCUT2D eigenvalue weighted by Gasteiger charge is -2.15. The maximum atomic E-state index is 12.2. The van der Waals surface area contributed by atoms with Gasteiger partial charge in [-0.1, -0.05) is 0 Å². The van der Waals surface area contributed by atoms with E-state index in [0.717, 1.165) is 10.6 Å². The summed E-state index contributed by atoms with van der Waals surface area (Å²) >= 11 is 1.41. The highest BCUT2D eigenvalue weighted by atomic mass is 32.1. The Labute approximate surface area is 104 Å². The molecule has 0 aliphatic rings. The largest absolute Gasteiger partial charge is 0.398 e. The molecule has 0 spiro atoms. The van der Waals surface area contributed by atoms with Crippen LogP contribution in [0.3, 0.4) is 0 Å². The van der Waals surface area contributed by atoms with Gasteiger partial charge in [0.2, 0.25) is 0 Å². The van der Waals surface area contributed by atoms with Crippen molar-refractivity contribution in [3.05, 3.63) is 40.3 Å². The highest BCUT2D eigenvalue weighted by Crippen LogP contribution is 2.25. The smallest absolute Gasteiger partial charge is 0.268 e. The predicted molar refractivity (Wildman–Crippen MR) is 70.4 cm³/mol. The number of hydrogen-bond acceptors (Lipinski definition) is 4. The van der Waals surface area contributed by atoms with Gasteiger partial charge in [-0.2, -0.15) is 0 Å². The Hall–Kier alpha value is -1.88. The minimum absolute atomic E-state index is 0.0669.